The van der Waals surface area contributed by atoms with Crippen molar-refractivity contribution in [3.05, 3.63) is 363 Å². The van der Waals surface area contributed by atoms with Crippen LogP contribution < -0.4 is 0 Å². The summed E-state index contributed by atoms with van der Waals surface area (Å²) >= 11 is 0. The van der Waals surface area contributed by atoms with E-state index < -0.39 is 197 Å². The molecule has 16 aromatic carbocycles. The maximum absolute atomic E-state index is 10.0. The lowest BCUT2D eigenvalue weighted by atomic mass is 9.99. The molecule has 0 N–H and O–H groups in total. The molecule has 0 atom stereocenters. The smallest absolute Gasteiger partial charge is 0.238 e. The van der Waals surface area contributed by atoms with Gasteiger partial charge in [0.25, 0.3) is 0 Å². The van der Waals surface area contributed by atoms with Gasteiger partial charge < -0.3 is 17.7 Å². The van der Waals surface area contributed by atoms with Crippen molar-refractivity contribution >= 4 is 131 Å². The van der Waals surface area contributed by atoms with Crippen LogP contribution in [0.1, 0.15) is 45.2 Å². The first-order chi connectivity index (χ1) is 70.2. The molecule has 0 aliphatic carbocycles. The number of fused-ring (bicyclic) bond motifs is 18. The van der Waals surface area contributed by atoms with Crippen molar-refractivity contribution < 1.29 is 62.9 Å². The quantitative estimate of drug-likeness (QED) is 0.130. The first-order valence-electron chi connectivity index (χ1n) is 51.9. The van der Waals surface area contributed by atoms with Gasteiger partial charge >= 0.3 is 0 Å². The van der Waals surface area contributed by atoms with Gasteiger partial charge in [-0.1, -0.05) is 279 Å². The Hall–Kier alpha value is -15.7. The molecule has 0 unspecified atom stereocenters. The fourth-order valence-corrected chi connectivity index (χ4v) is 14.5. The molecule has 12 heteroatoms. The highest BCUT2D eigenvalue weighted by molar-refractivity contribution is 6.21. The zero-order valence-corrected chi connectivity index (χ0v) is 58.3. The van der Waals surface area contributed by atoms with Crippen LogP contribution >= 0.6 is 0 Å². The minimum Gasteiger partial charge on any atom is -0.456 e. The van der Waals surface area contributed by atoms with Crippen molar-refractivity contribution in [1.29, 1.82) is 0 Å². The Morgan fingerprint density at radius 1 is 0.219 bits per heavy atom. The topological polar surface area (TPSA) is 140 Å². The van der Waals surface area contributed by atoms with Crippen molar-refractivity contribution in [2.75, 3.05) is 0 Å². The maximum Gasteiger partial charge on any atom is 0.238 e. The zero-order valence-electron chi connectivity index (χ0n) is 91.3. The van der Waals surface area contributed by atoms with Crippen molar-refractivity contribution in [2.45, 2.75) is 0 Å². The number of rotatable bonds is 10. The Bertz CT molecular complexity index is 10100. The van der Waals surface area contributed by atoms with Gasteiger partial charge in [-0.25, -0.2) is 9.97 Å². The van der Waals surface area contributed by atoms with E-state index in [-0.39, 0.29) is 181 Å². The highest BCUT2D eigenvalue weighted by Gasteiger charge is 2.26. The normalized spacial score (nSPS) is 15.9. The molecule has 8 aromatic heterocycles. The van der Waals surface area contributed by atoms with Crippen LogP contribution in [0.15, 0.2) is 381 Å². The van der Waals surface area contributed by atoms with Gasteiger partial charge in [0.2, 0.25) is 11.9 Å². The summed E-state index contributed by atoms with van der Waals surface area (Å²) in [4.78, 5) is 29.0. The highest BCUT2D eigenvalue weighted by Crippen LogP contribution is 2.46. The average Bonchev–Trinajstić information content (AvgIpc) is 1.52. The zero-order chi connectivity index (χ0) is 104. The van der Waals surface area contributed by atoms with Gasteiger partial charge in [0.1, 0.15) is 44.7 Å². The van der Waals surface area contributed by atoms with E-state index in [9.17, 15) is 15.1 Å². The predicted octanol–water partition coefficient (Wildman–Crippen LogP) is 26.9. The Labute approximate surface area is 696 Å². The van der Waals surface area contributed by atoms with Gasteiger partial charge in [0.15, 0.2) is 23.3 Å². The van der Waals surface area contributed by atoms with Crippen LogP contribution in [0, 0.1) is 0 Å². The van der Waals surface area contributed by atoms with E-state index in [1.54, 1.807) is 152 Å². The standard InChI is InChI=1S/2C51H30N4O2/c1-4-14-31(15-5-1)35-21-13-25-44-47(35)39-27-26-34(28-45(39)56-44)50-52-49(33-18-8-3-9-19-33)53-51(54-50)55-42-24-11-10-20-37(42)40-30-46-41(29-43(40)55)38-23-12-22-36(48(38)57-46)32-16-6-2-7-17-32;1-4-13-31(14-5-1)34-24-26-44-40(27-34)41-29-43-39(30-47(41)56-44)37-19-10-11-21-42(37)55(43)51-53-49(33-17-8-3-9-18-33)52-50(54-51)35-23-25-38-46(28-35)57-45-22-12-20-36(48(38)45)32-15-6-2-7-16-32/h2*1-30H/i1D,4D,5D,10D,11D,12D,13D,14D,15D,20D,21D,22D,23D,24D,25D,26D,27D,28D,29D,30D;2D,6D,7D,10D,11D,15D,16D,19D,21D,24D,26D,27D,29D. The van der Waals surface area contributed by atoms with E-state index in [1.807, 2.05) is 6.07 Å². The van der Waals surface area contributed by atoms with Crippen molar-refractivity contribution in [2.24, 2.45) is 0 Å². The lowest BCUT2D eigenvalue weighted by molar-refractivity contribution is 0.668. The summed E-state index contributed by atoms with van der Waals surface area (Å²) in [5.74, 6) is -1.00. The molecule has 532 valence electrons. The first kappa shape index (κ1) is 39.6. The number of benzene rings is 16. The molecule has 0 aliphatic heterocycles. The second-order valence-corrected chi connectivity index (χ2v) is 26.2. The summed E-state index contributed by atoms with van der Waals surface area (Å²) in [6.45, 7) is 0. The SMILES string of the molecule is [2H]c1c([2H])c([2H])c(-c2c([2H])c([2H])c([2H])c3oc4c([2H])c(-c5nc(-c6ccccc6)nc(-n6c7c([2H])c([2H])c([2H])c([2H])c7c7c([2H])c8oc9c(-c%10ccccc%10)c([2H])c([2H])c([2H])c9c8c([2H])c76)n5)c([2H])c([2H])c4c23)c([2H])c1[2H].[2H]c1c([2H])c([2H])c(-c2cccc3oc4cc(-c5nc(-c6ccccc6)nc(-n6c7c([2H])c8c(cc7c7c([2H])c([2H])c([2H])c([2H])c76)oc6c([2H])c([2H])c(-c7ccccc7)c([2H])c68)n5)ccc4c23)c([2H])c1[2H]. The summed E-state index contributed by atoms with van der Waals surface area (Å²) in [7, 11) is 0. The monoisotopic (exact) mass is 1490 g/mol. The molecular formula is C102H60N8O4. The summed E-state index contributed by atoms with van der Waals surface area (Å²) in [6.07, 6.45) is 0. The number of aromatic nitrogens is 8. The Balaban J connectivity index is 0.000000163. The van der Waals surface area contributed by atoms with E-state index in [0.29, 0.717) is 55.3 Å². The number of hydrogen-bond donors (Lipinski definition) is 0. The van der Waals surface area contributed by atoms with E-state index in [2.05, 4.69) is 4.98 Å². The minimum absolute atomic E-state index is 0.0217. The molecule has 0 fully saturated rings. The molecule has 0 amide bonds. The molecule has 0 radical (unpaired) electrons. The third-order valence-corrected chi connectivity index (χ3v) is 19.6. The van der Waals surface area contributed by atoms with Crippen molar-refractivity contribution in [3.63, 3.8) is 0 Å². The molecule has 0 bridgehead atoms. The van der Waals surface area contributed by atoms with Crippen LogP contribution in [0.5, 0.6) is 0 Å². The summed E-state index contributed by atoms with van der Waals surface area (Å²) in [6, 6.07) is 27.9. The molecule has 8 heterocycles. The van der Waals surface area contributed by atoms with E-state index in [0.717, 1.165) is 4.57 Å². The lowest BCUT2D eigenvalue weighted by Crippen LogP contribution is -2.06. The largest absolute Gasteiger partial charge is 0.456 e. The Morgan fingerprint density at radius 3 is 1.41 bits per heavy atom. The maximum atomic E-state index is 10.0. The van der Waals surface area contributed by atoms with Gasteiger partial charge in [-0.15, -0.1) is 0 Å². The summed E-state index contributed by atoms with van der Waals surface area (Å²) in [5, 5.41) is 0.0281. The van der Waals surface area contributed by atoms with Crippen LogP contribution in [-0.2, 0) is 0 Å². The third kappa shape index (κ3) is 10.6. The number of hydrogen-bond acceptors (Lipinski definition) is 10. The molecule has 24 rings (SSSR count). The van der Waals surface area contributed by atoms with Crippen molar-refractivity contribution in [3.8, 4) is 102 Å². The van der Waals surface area contributed by atoms with Gasteiger partial charge in [0, 0.05) is 92.5 Å². The Kier molecular flexibility index (Phi) is 9.04. The molecule has 114 heavy (non-hydrogen) atoms. The molecule has 0 aliphatic rings. The molecule has 0 saturated heterocycles. The van der Waals surface area contributed by atoms with E-state index in [4.69, 9.17) is 72.7 Å². The number of nitrogens with zero attached hydrogens (tertiary/aromatic N) is 8. The van der Waals surface area contributed by atoms with Gasteiger partial charge in [0.05, 0.1) is 67.3 Å². The van der Waals surface area contributed by atoms with Gasteiger partial charge in [-0.3, -0.25) is 9.13 Å². The van der Waals surface area contributed by atoms with Gasteiger partial charge in [-0.2, -0.15) is 19.9 Å². The third-order valence-electron chi connectivity index (χ3n) is 19.6. The van der Waals surface area contributed by atoms with Gasteiger partial charge in [-0.05, 0) is 124 Å². The summed E-state index contributed by atoms with van der Waals surface area (Å²) in [5.41, 5.74) is 0.120. The van der Waals surface area contributed by atoms with E-state index in [1.165, 1.54) is 10.6 Å². The molecule has 0 spiro atoms. The average molecular weight is 1490 g/mol. The number of furan rings is 4. The second kappa shape index (κ2) is 26.0. The molecule has 0 saturated carbocycles. The summed E-state index contributed by atoms with van der Waals surface area (Å²) < 4.78 is 324. The fraction of sp³-hybridized carbons (Fsp3) is 0. The van der Waals surface area contributed by atoms with Crippen LogP contribution in [0.4, 0.5) is 0 Å². The second-order valence-electron chi connectivity index (χ2n) is 26.2. The van der Waals surface area contributed by atoms with Crippen LogP contribution in [0.2, 0.25) is 0 Å². The fourth-order valence-electron chi connectivity index (χ4n) is 14.5. The predicted molar refractivity (Wildman–Crippen MR) is 461 cm³/mol. The van der Waals surface area contributed by atoms with E-state index >= 15 is 0 Å². The Morgan fingerprint density at radius 2 is 0.728 bits per heavy atom. The van der Waals surface area contributed by atoms with Crippen LogP contribution in [-0.4, -0.2) is 39.0 Å². The number of para-hydroxylation sites is 3. The molecule has 24 aromatic rings. The lowest BCUT2D eigenvalue weighted by Gasteiger charge is -2.11. The van der Waals surface area contributed by atoms with Crippen LogP contribution in [0.25, 0.3) is 233 Å². The first-order valence-corrected chi connectivity index (χ1v) is 35.4. The molecular weight excluding hydrogens is 1400 g/mol. The van der Waals surface area contributed by atoms with Crippen molar-refractivity contribution in [1.82, 2.24) is 39.0 Å². The van der Waals surface area contributed by atoms with Crippen LogP contribution in [0.3, 0.4) is 0 Å². The highest BCUT2D eigenvalue weighted by atomic mass is 16.3. The minimum atomic E-state index is -0.778. The molecule has 12 nitrogen and oxygen atoms in total.